The highest BCUT2D eigenvalue weighted by Gasteiger charge is 2.26. The summed E-state index contributed by atoms with van der Waals surface area (Å²) in [6, 6.07) is 0.153. The van der Waals surface area contributed by atoms with E-state index in [1.807, 2.05) is 11.8 Å². The van der Waals surface area contributed by atoms with Crippen LogP contribution in [0, 0.1) is 5.92 Å². The lowest BCUT2D eigenvalue weighted by Crippen LogP contribution is -2.50. The van der Waals surface area contributed by atoms with Crippen molar-refractivity contribution in [1.82, 2.24) is 15.5 Å². The van der Waals surface area contributed by atoms with Crippen molar-refractivity contribution in [3.8, 4) is 0 Å². The summed E-state index contributed by atoms with van der Waals surface area (Å²) in [4.78, 5) is 25.9. The molecule has 1 heterocycles. The molecule has 2 rings (SSSR count). The van der Waals surface area contributed by atoms with E-state index in [-0.39, 0.29) is 30.6 Å². The van der Waals surface area contributed by atoms with Crippen LogP contribution in [0.2, 0.25) is 0 Å². The van der Waals surface area contributed by atoms with Crippen LogP contribution in [0.4, 0.5) is 4.79 Å². The van der Waals surface area contributed by atoms with Gasteiger partial charge in [0.1, 0.15) is 0 Å². The highest BCUT2D eigenvalue weighted by Crippen LogP contribution is 2.19. The molecular weight excluding hydrogens is 280 g/mol. The van der Waals surface area contributed by atoms with Crippen LogP contribution in [-0.2, 0) is 4.79 Å². The third-order valence-corrected chi connectivity index (χ3v) is 4.89. The van der Waals surface area contributed by atoms with E-state index in [4.69, 9.17) is 5.73 Å². The molecule has 4 N–H and O–H groups in total. The summed E-state index contributed by atoms with van der Waals surface area (Å²) < 4.78 is 0. The lowest BCUT2D eigenvalue weighted by Gasteiger charge is -2.34. The fourth-order valence-electron chi connectivity index (χ4n) is 3.42. The first kappa shape index (κ1) is 17.1. The molecule has 2 fully saturated rings. The van der Waals surface area contributed by atoms with Gasteiger partial charge in [0, 0.05) is 25.2 Å². The molecule has 2 atom stereocenters. The molecule has 1 aliphatic heterocycles. The minimum Gasteiger partial charge on any atom is -0.341 e. The molecule has 0 spiro atoms. The third kappa shape index (κ3) is 5.16. The molecule has 1 saturated heterocycles. The first-order valence-corrected chi connectivity index (χ1v) is 8.64. The Morgan fingerprint density at radius 2 is 1.91 bits per heavy atom. The number of carbonyl (C=O) groups is 2. The Kier molecular flexibility index (Phi) is 6.49. The number of amides is 3. The van der Waals surface area contributed by atoms with E-state index in [1.165, 1.54) is 19.3 Å². The van der Waals surface area contributed by atoms with Gasteiger partial charge in [0.2, 0.25) is 5.91 Å². The highest BCUT2D eigenvalue weighted by atomic mass is 16.2. The maximum absolute atomic E-state index is 12.2. The van der Waals surface area contributed by atoms with Gasteiger partial charge in [-0.3, -0.25) is 4.79 Å². The molecule has 6 heteroatoms. The molecule has 0 radical (unpaired) electrons. The van der Waals surface area contributed by atoms with E-state index in [9.17, 15) is 9.59 Å². The van der Waals surface area contributed by atoms with Crippen molar-refractivity contribution in [2.75, 3.05) is 19.6 Å². The van der Waals surface area contributed by atoms with E-state index in [0.29, 0.717) is 12.5 Å². The smallest absolute Gasteiger partial charge is 0.315 e. The van der Waals surface area contributed by atoms with Crippen LogP contribution in [0.15, 0.2) is 0 Å². The van der Waals surface area contributed by atoms with Crippen LogP contribution in [0.3, 0.4) is 0 Å². The molecule has 2 aliphatic rings. The molecule has 6 nitrogen and oxygen atoms in total. The van der Waals surface area contributed by atoms with E-state index in [1.54, 1.807) is 0 Å². The molecule has 1 aliphatic carbocycles. The number of nitrogens with zero attached hydrogens (tertiary/aromatic N) is 1. The van der Waals surface area contributed by atoms with Gasteiger partial charge in [-0.25, -0.2) is 4.79 Å². The summed E-state index contributed by atoms with van der Waals surface area (Å²) in [6.45, 7) is 3.55. The molecule has 22 heavy (non-hydrogen) atoms. The Morgan fingerprint density at radius 1 is 1.18 bits per heavy atom. The van der Waals surface area contributed by atoms with Gasteiger partial charge in [-0.1, -0.05) is 19.3 Å². The number of urea groups is 1. The monoisotopic (exact) mass is 310 g/mol. The highest BCUT2D eigenvalue weighted by molar-refractivity contribution is 5.84. The molecule has 3 amide bonds. The number of carbonyl (C=O) groups excluding carboxylic acids is 2. The van der Waals surface area contributed by atoms with E-state index < -0.39 is 0 Å². The Bertz CT molecular complexity index is 380. The van der Waals surface area contributed by atoms with E-state index in [0.717, 1.165) is 32.2 Å². The van der Waals surface area contributed by atoms with Gasteiger partial charge >= 0.3 is 6.03 Å². The van der Waals surface area contributed by atoms with Crippen LogP contribution < -0.4 is 16.4 Å². The normalized spacial score (nSPS) is 24.6. The van der Waals surface area contributed by atoms with Crippen molar-refractivity contribution in [3.63, 3.8) is 0 Å². The first-order chi connectivity index (χ1) is 10.6. The predicted octanol–water partition coefficient (Wildman–Crippen LogP) is 1.20. The number of hydrogen-bond acceptors (Lipinski definition) is 3. The van der Waals surface area contributed by atoms with Crippen LogP contribution in [0.5, 0.6) is 0 Å². The van der Waals surface area contributed by atoms with Gasteiger partial charge < -0.3 is 21.3 Å². The summed E-state index contributed by atoms with van der Waals surface area (Å²) in [6.07, 6.45) is 7.77. The summed E-state index contributed by atoms with van der Waals surface area (Å²) in [5.74, 6) is 0.359. The van der Waals surface area contributed by atoms with Gasteiger partial charge in [0.15, 0.2) is 0 Å². The largest absolute Gasteiger partial charge is 0.341 e. The molecule has 0 aromatic rings. The maximum atomic E-state index is 12.2. The van der Waals surface area contributed by atoms with Gasteiger partial charge in [-0.05, 0) is 38.5 Å². The lowest BCUT2D eigenvalue weighted by atomic mass is 9.92. The number of nitrogens with two attached hydrogens (primary N) is 1. The minimum atomic E-state index is -0.221. The van der Waals surface area contributed by atoms with Gasteiger partial charge in [0.25, 0.3) is 0 Å². The predicted molar refractivity (Wildman–Crippen MR) is 86.4 cm³/mol. The zero-order valence-electron chi connectivity index (χ0n) is 13.6. The average molecular weight is 310 g/mol. The number of hydrogen-bond donors (Lipinski definition) is 3. The Labute approximate surface area is 133 Å². The van der Waals surface area contributed by atoms with Crippen LogP contribution in [0.1, 0.15) is 51.9 Å². The second-order valence-electron chi connectivity index (χ2n) is 6.76. The molecule has 0 aromatic heterocycles. The van der Waals surface area contributed by atoms with Crippen LogP contribution >= 0.6 is 0 Å². The standard InChI is InChI=1S/C16H30N4O2/c1-12(17)13-6-5-9-20(11-13)15(21)10-18-16(22)19-14-7-3-2-4-8-14/h12-14H,2-11,17H2,1H3,(H2,18,19,22)/t12-,13+/m1/s1. The fourth-order valence-corrected chi connectivity index (χ4v) is 3.42. The molecule has 126 valence electrons. The third-order valence-electron chi connectivity index (χ3n) is 4.89. The number of rotatable bonds is 4. The molecule has 0 unspecified atom stereocenters. The van der Waals surface area contributed by atoms with E-state index in [2.05, 4.69) is 10.6 Å². The van der Waals surface area contributed by atoms with Gasteiger partial charge in [0.05, 0.1) is 6.54 Å². The van der Waals surface area contributed by atoms with Crippen molar-refractivity contribution < 1.29 is 9.59 Å². The molecule has 0 aromatic carbocycles. The van der Waals surface area contributed by atoms with Crippen LogP contribution in [-0.4, -0.2) is 48.6 Å². The van der Waals surface area contributed by atoms with Crippen molar-refractivity contribution in [2.45, 2.75) is 64.0 Å². The number of likely N-dealkylation sites (tertiary alicyclic amines) is 1. The van der Waals surface area contributed by atoms with Crippen molar-refractivity contribution in [3.05, 3.63) is 0 Å². The summed E-state index contributed by atoms with van der Waals surface area (Å²) in [7, 11) is 0. The number of piperidine rings is 1. The topological polar surface area (TPSA) is 87.5 Å². The van der Waals surface area contributed by atoms with Crippen LogP contribution in [0.25, 0.3) is 0 Å². The van der Waals surface area contributed by atoms with Gasteiger partial charge in [-0.2, -0.15) is 0 Å². The fraction of sp³-hybridized carbons (Fsp3) is 0.875. The number of nitrogens with one attached hydrogen (secondary N) is 2. The lowest BCUT2D eigenvalue weighted by molar-refractivity contribution is -0.132. The zero-order valence-corrected chi connectivity index (χ0v) is 13.6. The second kappa shape index (κ2) is 8.36. The van der Waals surface area contributed by atoms with Crippen molar-refractivity contribution in [1.29, 1.82) is 0 Å². The quantitative estimate of drug-likeness (QED) is 0.729. The Morgan fingerprint density at radius 3 is 2.59 bits per heavy atom. The summed E-state index contributed by atoms with van der Waals surface area (Å²) in [5, 5.41) is 5.66. The Hall–Kier alpha value is -1.30. The SMILES string of the molecule is C[C@@H](N)[C@H]1CCCN(C(=O)CNC(=O)NC2CCCCC2)C1. The first-order valence-electron chi connectivity index (χ1n) is 8.64. The minimum absolute atomic E-state index is 0.0101. The average Bonchev–Trinajstić information content (AvgIpc) is 2.53. The molecule has 0 bridgehead atoms. The molecule has 1 saturated carbocycles. The second-order valence-corrected chi connectivity index (χ2v) is 6.76. The van der Waals surface area contributed by atoms with Crippen molar-refractivity contribution >= 4 is 11.9 Å². The maximum Gasteiger partial charge on any atom is 0.315 e. The Balaban J connectivity index is 1.69. The van der Waals surface area contributed by atoms with Gasteiger partial charge in [-0.15, -0.1) is 0 Å². The zero-order chi connectivity index (χ0) is 15.9. The van der Waals surface area contributed by atoms with Crippen molar-refractivity contribution in [2.24, 2.45) is 11.7 Å². The summed E-state index contributed by atoms with van der Waals surface area (Å²) >= 11 is 0. The molecular formula is C16H30N4O2. The summed E-state index contributed by atoms with van der Waals surface area (Å²) in [5.41, 5.74) is 5.94. The van der Waals surface area contributed by atoms with E-state index >= 15 is 0 Å².